The molecule has 1 amide bonds. The molecular weight excluding hydrogens is 434 g/mol. The van der Waals surface area contributed by atoms with E-state index in [-0.39, 0.29) is 22.4 Å². The van der Waals surface area contributed by atoms with Gasteiger partial charge in [-0.3, -0.25) is 9.52 Å². The van der Waals surface area contributed by atoms with Gasteiger partial charge < -0.3 is 9.64 Å². The summed E-state index contributed by atoms with van der Waals surface area (Å²) >= 11 is 13.5. The van der Waals surface area contributed by atoms with Crippen LogP contribution in [0.15, 0.2) is 30.3 Å². The predicted octanol–water partition coefficient (Wildman–Crippen LogP) is 6.13. The van der Waals surface area contributed by atoms with Crippen molar-refractivity contribution in [2.75, 3.05) is 24.3 Å². The van der Waals surface area contributed by atoms with Gasteiger partial charge in [-0.1, -0.05) is 55.1 Å². The number of benzene rings is 2. The maximum atomic E-state index is 14.2. The van der Waals surface area contributed by atoms with Gasteiger partial charge in [-0.25, -0.2) is 4.39 Å². The molecule has 1 saturated heterocycles. The van der Waals surface area contributed by atoms with E-state index in [1.165, 1.54) is 6.07 Å². The number of anilines is 1. The normalized spacial score (nSPS) is 15.1. The van der Waals surface area contributed by atoms with Crippen molar-refractivity contribution in [3.63, 3.8) is 0 Å². The monoisotopic (exact) mass is 458 g/mol. The fraction of sp³-hybridized carbons (Fsp3) is 0.381. The van der Waals surface area contributed by atoms with Crippen LogP contribution in [0.3, 0.4) is 0 Å². The van der Waals surface area contributed by atoms with Crippen LogP contribution in [0.25, 0.3) is 0 Å². The Hall–Kier alpha value is -1.63. The summed E-state index contributed by atoms with van der Waals surface area (Å²) in [5.74, 6) is -0.977. The molecule has 3 rings (SSSR count). The van der Waals surface area contributed by atoms with Crippen molar-refractivity contribution < 1.29 is 13.9 Å². The van der Waals surface area contributed by atoms with Gasteiger partial charge in [-0.05, 0) is 37.1 Å². The zero-order valence-corrected chi connectivity index (χ0v) is 19.2. The number of hydrogen-bond acceptors (Lipinski definition) is 4. The van der Waals surface area contributed by atoms with Gasteiger partial charge in [0.1, 0.15) is 18.2 Å². The van der Waals surface area contributed by atoms with Gasteiger partial charge in [-0.15, -0.1) is 0 Å². The summed E-state index contributed by atoms with van der Waals surface area (Å²) in [7, 11) is 0. The Labute approximate surface area is 185 Å². The van der Waals surface area contributed by atoms with Gasteiger partial charge in [0, 0.05) is 29.6 Å². The Kier molecular flexibility index (Phi) is 8.93. The molecule has 2 aromatic rings. The molecule has 158 valence electrons. The number of aryl methyl sites for hydroxylation is 1. The molecule has 0 saturated carbocycles. The number of halogens is 3. The highest BCUT2D eigenvalue weighted by atomic mass is 35.5. The maximum Gasteiger partial charge on any atom is 0.264 e. The van der Waals surface area contributed by atoms with Crippen LogP contribution in [0, 0.1) is 12.7 Å². The van der Waals surface area contributed by atoms with Crippen molar-refractivity contribution in [2.24, 2.45) is 0 Å². The number of amides is 1. The lowest BCUT2D eigenvalue weighted by Gasteiger charge is -2.42. The van der Waals surface area contributed by atoms with Crippen molar-refractivity contribution in [1.29, 1.82) is 0 Å². The lowest BCUT2D eigenvalue weighted by molar-refractivity contribution is 0.0980. The van der Waals surface area contributed by atoms with Gasteiger partial charge >= 0.3 is 0 Å². The van der Waals surface area contributed by atoms with Gasteiger partial charge in [0.2, 0.25) is 0 Å². The van der Waals surface area contributed by atoms with Crippen molar-refractivity contribution >= 4 is 46.7 Å². The molecule has 1 atom stereocenters. The van der Waals surface area contributed by atoms with E-state index >= 15 is 0 Å². The predicted molar refractivity (Wildman–Crippen MR) is 121 cm³/mol. The third kappa shape index (κ3) is 5.71. The molecule has 0 spiro atoms. The molecule has 1 aliphatic rings. The molecule has 1 fully saturated rings. The number of hydrogen-bond donors (Lipinski definition) is 1. The second kappa shape index (κ2) is 11.0. The first kappa shape index (κ1) is 23.6. The third-order valence-electron chi connectivity index (χ3n) is 4.52. The van der Waals surface area contributed by atoms with Crippen LogP contribution < -0.4 is 14.4 Å². The molecule has 29 heavy (non-hydrogen) atoms. The Morgan fingerprint density at radius 3 is 2.59 bits per heavy atom. The zero-order valence-electron chi connectivity index (χ0n) is 16.9. The van der Waals surface area contributed by atoms with Gasteiger partial charge in [0.15, 0.2) is 0 Å². The van der Waals surface area contributed by atoms with Crippen LogP contribution in [0.2, 0.25) is 10.0 Å². The van der Waals surface area contributed by atoms with Crippen LogP contribution in [-0.4, -0.2) is 31.4 Å². The van der Waals surface area contributed by atoms with E-state index in [2.05, 4.69) is 9.62 Å². The average molecular weight is 459 g/mol. The number of carbonyl (C=O) groups is 1. The van der Waals surface area contributed by atoms with Crippen LogP contribution in [0.4, 0.5) is 10.1 Å². The van der Waals surface area contributed by atoms with Crippen LogP contribution in [-0.2, 0) is 0 Å². The van der Waals surface area contributed by atoms with Gasteiger partial charge in [0.05, 0.1) is 16.6 Å². The molecule has 0 radical (unpaired) electrons. The molecule has 4 nitrogen and oxygen atoms in total. The summed E-state index contributed by atoms with van der Waals surface area (Å²) in [5, 5.41) is 0.926. The van der Waals surface area contributed by atoms with E-state index in [1.54, 1.807) is 6.26 Å². The smallest absolute Gasteiger partial charge is 0.264 e. The van der Waals surface area contributed by atoms with Crippen molar-refractivity contribution in [2.45, 2.75) is 33.2 Å². The SMILES string of the molecule is CC.CSNC(=O)c1cc(Cl)c(OCC2CCN2c2ccc(C)c(Cl)c2)cc1F. The van der Waals surface area contributed by atoms with Crippen molar-refractivity contribution in [3.8, 4) is 5.75 Å². The molecule has 1 heterocycles. The average Bonchev–Trinajstić information content (AvgIpc) is 2.68. The molecule has 1 unspecified atom stereocenters. The Morgan fingerprint density at radius 2 is 2.00 bits per heavy atom. The van der Waals surface area contributed by atoms with E-state index < -0.39 is 11.7 Å². The van der Waals surface area contributed by atoms with E-state index in [1.807, 2.05) is 39.0 Å². The van der Waals surface area contributed by atoms with E-state index in [4.69, 9.17) is 27.9 Å². The molecule has 0 aliphatic carbocycles. The molecule has 8 heteroatoms. The topological polar surface area (TPSA) is 41.6 Å². The van der Waals surface area contributed by atoms with Crippen molar-refractivity contribution in [1.82, 2.24) is 4.72 Å². The van der Waals surface area contributed by atoms with Crippen LogP contribution >= 0.6 is 35.1 Å². The molecule has 1 aliphatic heterocycles. The van der Waals surface area contributed by atoms with E-state index in [0.717, 1.165) is 47.3 Å². The van der Waals surface area contributed by atoms with Crippen LogP contribution in [0.1, 0.15) is 36.2 Å². The lowest BCUT2D eigenvalue weighted by atomic mass is 10.0. The van der Waals surface area contributed by atoms with Crippen molar-refractivity contribution in [3.05, 3.63) is 57.3 Å². The molecule has 2 aromatic carbocycles. The highest BCUT2D eigenvalue weighted by molar-refractivity contribution is 7.97. The van der Waals surface area contributed by atoms with E-state index in [0.29, 0.717) is 6.61 Å². The maximum absolute atomic E-state index is 14.2. The second-order valence-electron chi connectivity index (χ2n) is 6.28. The lowest BCUT2D eigenvalue weighted by Crippen LogP contribution is -2.51. The number of ether oxygens (including phenoxy) is 1. The Morgan fingerprint density at radius 1 is 1.28 bits per heavy atom. The third-order valence-corrected chi connectivity index (χ3v) is 5.62. The quantitative estimate of drug-likeness (QED) is 0.528. The first-order chi connectivity index (χ1) is 13.9. The van der Waals surface area contributed by atoms with Gasteiger partial charge in [0.25, 0.3) is 5.91 Å². The summed E-state index contributed by atoms with van der Waals surface area (Å²) in [6.07, 6.45) is 2.64. The summed E-state index contributed by atoms with van der Waals surface area (Å²) in [5.41, 5.74) is 1.95. The number of carbonyl (C=O) groups excluding carboxylic acids is 1. The number of nitrogens with one attached hydrogen (secondary N) is 1. The number of nitrogens with zero attached hydrogens (tertiary/aromatic N) is 1. The summed E-state index contributed by atoms with van der Waals surface area (Å²) < 4.78 is 22.4. The minimum absolute atomic E-state index is 0.110. The van der Waals surface area contributed by atoms with Gasteiger partial charge in [-0.2, -0.15) is 0 Å². The highest BCUT2D eigenvalue weighted by Crippen LogP contribution is 2.32. The Balaban J connectivity index is 0.00000145. The highest BCUT2D eigenvalue weighted by Gasteiger charge is 2.29. The second-order valence-corrected chi connectivity index (χ2v) is 7.70. The first-order valence-electron chi connectivity index (χ1n) is 9.38. The molecule has 0 aromatic heterocycles. The number of rotatable bonds is 6. The summed E-state index contributed by atoms with van der Waals surface area (Å²) in [4.78, 5) is 14.0. The Bertz CT molecular complexity index is 867. The molecular formula is C21H25Cl2FN2O2S. The fourth-order valence-corrected chi connectivity index (χ4v) is 3.55. The minimum atomic E-state index is -0.670. The largest absolute Gasteiger partial charge is 0.490 e. The van der Waals surface area contributed by atoms with Crippen LogP contribution in [0.5, 0.6) is 5.75 Å². The fourth-order valence-electron chi connectivity index (χ4n) is 2.86. The first-order valence-corrected chi connectivity index (χ1v) is 11.4. The minimum Gasteiger partial charge on any atom is -0.490 e. The van der Waals surface area contributed by atoms with E-state index in [9.17, 15) is 9.18 Å². The summed E-state index contributed by atoms with van der Waals surface area (Å²) in [6, 6.07) is 8.55. The standard InChI is InChI=1S/C19H19Cl2FN2O2S.C2H6/c1-11-3-4-12(7-15(11)20)24-6-5-13(24)10-26-18-9-17(22)14(8-16(18)21)19(25)23-27-2;1-2/h3-4,7-9,13H,5-6,10H2,1-2H3,(H,23,25);1-2H3. The molecule has 0 bridgehead atoms. The summed E-state index contributed by atoms with van der Waals surface area (Å²) in [6.45, 7) is 7.23. The zero-order chi connectivity index (χ0) is 21.6. The molecule has 1 N–H and O–H groups in total.